The molecule has 1 N–H and O–H groups in total. The second kappa shape index (κ2) is 4.77. The van der Waals surface area contributed by atoms with Gasteiger partial charge in [0.25, 0.3) is 0 Å². The molecule has 0 unspecified atom stereocenters. The highest BCUT2D eigenvalue weighted by atomic mass is 127. The van der Waals surface area contributed by atoms with Gasteiger partial charge in [0, 0.05) is 5.69 Å². The van der Waals surface area contributed by atoms with E-state index >= 15 is 0 Å². The van der Waals surface area contributed by atoms with Gasteiger partial charge < -0.3 is 4.98 Å². The van der Waals surface area contributed by atoms with Gasteiger partial charge in [0.1, 0.15) is 0 Å². The number of imidazole rings is 1. The van der Waals surface area contributed by atoms with Crippen LogP contribution in [0.2, 0.25) is 0 Å². The lowest BCUT2D eigenvalue weighted by atomic mass is 10.0. The van der Waals surface area contributed by atoms with Crippen LogP contribution < -0.4 is 0 Å². The number of aromatic amines is 1. The highest BCUT2D eigenvalue weighted by Crippen LogP contribution is 2.17. The molecule has 76 valence electrons. The Morgan fingerprint density at radius 2 is 2.21 bits per heavy atom. The van der Waals surface area contributed by atoms with E-state index in [1.165, 1.54) is 5.57 Å². The molecule has 2 nitrogen and oxygen atoms in total. The first-order valence-electron chi connectivity index (χ1n) is 4.60. The number of allylic oxidation sites excluding steroid dienone is 2. The van der Waals surface area contributed by atoms with Crippen molar-refractivity contribution in [2.24, 2.45) is 5.92 Å². The first-order valence-corrected chi connectivity index (χ1v) is 5.68. The van der Waals surface area contributed by atoms with E-state index in [1.54, 1.807) is 0 Å². The number of nitrogens with zero attached hydrogens (tertiary/aromatic N) is 1. The predicted molar refractivity (Wildman–Crippen MR) is 69.1 cm³/mol. The third kappa shape index (κ3) is 2.70. The fourth-order valence-electron chi connectivity index (χ4n) is 1.20. The summed E-state index contributed by atoms with van der Waals surface area (Å²) < 4.78 is 0.929. The molecule has 0 fully saturated rings. The van der Waals surface area contributed by atoms with Gasteiger partial charge in [-0.3, -0.25) is 0 Å². The highest BCUT2D eigenvalue weighted by Gasteiger charge is 2.04. The fraction of sp³-hybridized carbons (Fsp3) is 0.364. The van der Waals surface area contributed by atoms with Gasteiger partial charge in [-0.05, 0) is 47.1 Å². The van der Waals surface area contributed by atoms with Crippen molar-refractivity contribution in [3.63, 3.8) is 0 Å². The Balaban J connectivity index is 3.05. The van der Waals surface area contributed by atoms with Crippen molar-refractivity contribution in [2.75, 3.05) is 0 Å². The second-order valence-corrected chi connectivity index (χ2v) is 4.56. The van der Waals surface area contributed by atoms with Crippen LogP contribution in [0.5, 0.6) is 0 Å². The van der Waals surface area contributed by atoms with Crippen molar-refractivity contribution in [3.05, 3.63) is 33.4 Å². The molecule has 0 bridgehead atoms. The van der Waals surface area contributed by atoms with E-state index in [9.17, 15) is 0 Å². The lowest BCUT2D eigenvalue weighted by Crippen LogP contribution is -1.90. The maximum absolute atomic E-state index is 4.39. The summed E-state index contributed by atoms with van der Waals surface area (Å²) in [6.07, 6.45) is 3.98. The largest absolute Gasteiger partial charge is 0.337 e. The van der Waals surface area contributed by atoms with Crippen molar-refractivity contribution in [3.8, 4) is 0 Å². The molecule has 0 aliphatic rings. The molecule has 0 saturated carbocycles. The summed E-state index contributed by atoms with van der Waals surface area (Å²) in [4.78, 5) is 7.56. The number of aryl methyl sites for hydroxylation is 1. The summed E-state index contributed by atoms with van der Waals surface area (Å²) in [7, 11) is 0. The van der Waals surface area contributed by atoms with Gasteiger partial charge >= 0.3 is 0 Å². The van der Waals surface area contributed by atoms with Gasteiger partial charge in [-0.2, -0.15) is 0 Å². The fourth-order valence-corrected chi connectivity index (χ4v) is 1.86. The molecule has 1 aromatic heterocycles. The zero-order chi connectivity index (χ0) is 10.7. The van der Waals surface area contributed by atoms with Crippen molar-refractivity contribution >= 4 is 28.7 Å². The predicted octanol–water partition coefficient (Wildman–Crippen LogP) is 3.55. The molecule has 0 atom stereocenters. The third-order valence-corrected chi connectivity index (χ3v) is 2.61. The number of rotatable bonds is 3. The summed E-state index contributed by atoms with van der Waals surface area (Å²) in [6.45, 7) is 10.1. The Kier molecular flexibility index (Phi) is 3.92. The molecule has 3 heteroatoms. The third-order valence-electron chi connectivity index (χ3n) is 2.10. The van der Waals surface area contributed by atoms with Crippen LogP contribution in [0.15, 0.2) is 18.2 Å². The van der Waals surface area contributed by atoms with Crippen LogP contribution in [0, 0.1) is 16.7 Å². The lowest BCUT2D eigenvalue weighted by Gasteiger charge is -2.04. The molecule has 1 heterocycles. The number of H-pyrrole nitrogens is 1. The summed E-state index contributed by atoms with van der Waals surface area (Å²) in [5, 5.41) is 0. The summed E-state index contributed by atoms with van der Waals surface area (Å²) >= 11 is 2.18. The number of hydrogen-bond acceptors (Lipinski definition) is 1. The lowest BCUT2D eigenvalue weighted by molar-refractivity contribution is 0.797. The average molecular weight is 302 g/mol. The van der Waals surface area contributed by atoms with E-state index in [1.807, 2.05) is 13.0 Å². The van der Waals surface area contributed by atoms with Crippen LogP contribution >= 0.6 is 22.6 Å². The van der Waals surface area contributed by atoms with E-state index in [0.717, 1.165) is 15.2 Å². The minimum atomic E-state index is 0.487. The van der Waals surface area contributed by atoms with E-state index in [-0.39, 0.29) is 0 Å². The molecule has 0 aliphatic carbocycles. The van der Waals surface area contributed by atoms with Gasteiger partial charge in [0.2, 0.25) is 0 Å². The molecular weight excluding hydrogens is 287 g/mol. The normalized spacial score (nSPS) is 12.2. The Labute approximate surface area is 98.7 Å². The van der Waals surface area contributed by atoms with Crippen LogP contribution in [-0.4, -0.2) is 9.97 Å². The molecular formula is C11H15IN2. The first kappa shape index (κ1) is 11.5. The summed E-state index contributed by atoms with van der Waals surface area (Å²) in [6, 6.07) is 0. The molecule has 0 spiro atoms. The van der Waals surface area contributed by atoms with Crippen LogP contribution in [0.1, 0.15) is 25.2 Å². The molecule has 1 aromatic rings. The molecule has 0 radical (unpaired) electrons. The van der Waals surface area contributed by atoms with Crippen LogP contribution in [-0.2, 0) is 0 Å². The van der Waals surface area contributed by atoms with Crippen molar-refractivity contribution in [1.82, 2.24) is 9.97 Å². The van der Waals surface area contributed by atoms with Crippen LogP contribution in [0.3, 0.4) is 0 Å². The van der Waals surface area contributed by atoms with Gasteiger partial charge in [-0.15, -0.1) is 0 Å². The van der Waals surface area contributed by atoms with E-state index < -0.39 is 0 Å². The molecule has 0 amide bonds. The number of nitrogens with one attached hydrogen (secondary N) is 1. The monoisotopic (exact) mass is 302 g/mol. The molecule has 14 heavy (non-hydrogen) atoms. The summed E-state index contributed by atoms with van der Waals surface area (Å²) in [5.74, 6) is 0.487. The Morgan fingerprint density at radius 3 is 2.57 bits per heavy atom. The van der Waals surface area contributed by atoms with E-state index in [0.29, 0.717) is 5.92 Å². The maximum atomic E-state index is 4.39. The molecule has 0 saturated heterocycles. The van der Waals surface area contributed by atoms with E-state index in [2.05, 4.69) is 59.1 Å². The quantitative estimate of drug-likeness (QED) is 0.671. The van der Waals surface area contributed by atoms with Crippen molar-refractivity contribution in [1.29, 1.82) is 0 Å². The van der Waals surface area contributed by atoms with Crippen molar-refractivity contribution < 1.29 is 0 Å². The van der Waals surface area contributed by atoms with Crippen molar-refractivity contribution in [2.45, 2.75) is 20.8 Å². The highest BCUT2D eigenvalue weighted by molar-refractivity contribution is 14.1. The molecule has 1 rings (SSSR count). The van der Waals surface area contributed by atoms with Gasteiger partial charge in [-0.25, -0.2) is 4.98 Å². The van der Waals surface area contributed by atoms with Gasteiger partial charge in [0.05, 0.1) is 5.69 Å². The summed E-state index contributed by atoms with van der Waals surface area (Å²) in [5.41, 5.74) is 3.34. The Bertz CT molecular complexity index is 361. The number of hydrogen-bond donors (Lipinski definition) is 1. The Morgan fingerprint density at radius 1 is 1.57 bits per heavy atom. The second-order valence-electron chi connectivity index (χ2n) is 3.54. The molecule has 0 aromatic carbocycles. The zero-order valence-corrected chi connectivity index (χ0v) is 10.9. The molecule has 0 aliphatic heterocycles. The van der Waals surface area contributed by atoms with Crippen LogP contribution in [0.4, 0.5) is 0 Å². The smallest absolute Gasteiger partial charge is 0.169 e. The van der Waals surface area contributed by atoms with Gasteiger partial charge in [0.15, 0.2) is 3.83 Å². The maximum Gasteiger partial charge on any atom is 0.169 e. The average Bonchev–Trinajstić information content (AvgIpc) is 2.40. The SMILES string of the molecule is C=C/C(=C\c1nc(I)[nH]c1C)C(C)C. The number of aromatic nitrogens is 2. The standard InChI is InChI=1S/C11H15IN2/c1-5-9(7(2)3)6-10-8(4)13-11(12)14-10/h5-7H,1H2,2-4H3,(H,13,14)/b9-6+. The minimum absolute atomic E-state index is 0.487. The topological polar surface area (TPSA) is 28.7 Å². The van der Waals surface area contributed by atoms with Gasteiger partial charge in [-0.1, -0.05) is 26.5 Å². The van der Waals surface area contributed by atoms with Crippen LogP contribution in [0.25, 0.3) is 6.08 Å². The number of halogens is 1. The van der Waals surface area contributed by atoms with E-state index in [4.69, 9.17) is 0 Å². The first-order chi connectivity index (χ1) is 6.54. The Hall–Kier alpha value is -0.580. The minimum Gasteiger partial charge on any atom is -0.337 e. The zero-order valence-electron chi connectivity index (χ0n) is 8.76.